The minimum absolute atomic E-state index is 0.0450. The number of carbonyl (C=O) groups excluding carboxylic acids is 1. The summed E-state index contributed by atoms with van der Waals surface area (Å²) in [7, 11) is 1.77. The number of aryl methyl sites for hydroxylation is 4. The molecule has 0 spiro atoms. The molecule has 3 heterocycles. The van der Waals surface area contributed by atoms with Gasteiger partial charge in [0.25, 0.3) is 5.56 Å². The van der Waals surface area contributed by atoms with Crippen molar-refractivity contribution in [1.82, 2.24) is 24.8 Å². The first kappa shape index (κ1) is 26.0. The minimum Gasteiger partial charge on any atom is -0.384 e. The third-order valence-electron chi connectivity index (χ3n) is 6.34. The molecule has 0 radical (unpaired) electrons. The lowest BCUT2D eigenvalue weighted by molar-refractivity contribution is -0.120. The predicted molar refractivity (Wildman–Crippen MR) is 146 cm³/mol. The van der Waals surface area contributed by atoms with Gasteiger partial charge in [-0.15, -0.1) is 0 Å². The highest BCUT2D eigenvalue weighted by molar-refractivity contribution is 6.30. The van der Waals surface area contributed by atoms with Gasteiger partial charge in [-0.3, -0.25) is 14.3 Å². The van der Waals surface area contributed by atoms with E-state index in [-0.39, 0.29) is 24.4 Å². The van der Waals surface area contributed by atoms with Gasteiger partial charge >= 0.3 is 0 Å². The van der Waals surface area contributed by atoms with Crippen molar-refractivity contribution in [2.45, 2.75) is 40.3 Å². The highest BCUT2D eigenvalue weighted by Gasteiger charge is 2.18. The highest BCUT2D eigenvalue weighted by atomic mass is 35.5. The van der Waals surface area contributed by atoms with Crippen molar-refractivity contribution in [3.05, 3.63) is 97.7 Å². The van der Waals surface area contributed by atoms with Crippen LogP contribution in [0.2, 0.25) is 5.15 Å². The van der Waals surface area contributed by atoms with E-state index in [1.807, 2.05) is 51.1 Å². The molecular formula is C27H30ClN7O2. The Hall–Kier alpha value is -4.11. The Labute approximate surface area is 220 Å². The minimum atomic E-state index is -0.294. The maximum atomic E-state index is 13.3. The van der Waals surface area contributed by atoms with Crippen LogP contribution in [-0.2, 0) is 31.4 Å². The summed E-state index contributed by atoms with van der Waals surface area (Å²) in [5, 5.41) is 7.92. The number of nitrogen functional groups attached to an aromatic ring is 1. The van der Waals surface area contributed by atoms with E-state index in [1.54, 1.807) is 30.1 Å². The smallest absolute Gasteiger partial charge is 0.272 e. The third-order valence-corrected chi connectivity index (χ3v) is 6.82. The van der Waals surface area contributed by atoms with Gasteiger partial charge in [0, 0.05) is 42.2 Å². The van der Waals surface area contributed by atoms with Crippen LogP contribution in [0.3, 0.4) is 0 Å². The van der Waals surface area contributed by atoms with Gasteiger partial charge in [-0.05, 0) is 49.6 Å². The van der Waals surface area contributed by atoms with E-state index >= 15 is 0 Å². The fourth-order valence-electron chi connectivity index (χ4n) is 4.27. The van der Waals surface area contributed by atoms with Gasteiger partial charge in [0.2, 0.25) is 5.91 Å². The number of hydrogen-bond acceptors (Lipinski definition) is 6. The summed E-state index contributed by atoms with van der Waals surface area (Å²) in [6.45, 7) is 6.18. The second-order valence-electron chi connectivity index (χ2n) is 8.98. The Bertz CT molecular complexity index is 1490. The number of amides is 1. The molecule has 0 bridgehead atoms. The van der Waals surface area contributed by atoms with E-state index in [0.29, 0.717) is 23.1 Å². The molecule has 0 unspecified atom stereocenters. The number of anilines is 1. The van der Waals surface area contributed by atoms with Crippen LogP contribution in [0, 0.1) is 20.8 Å². The molecule has 10 heteroatoms. The molecule has 4 N–H and O–H groups in total. The molecule has 0 atom stereocenters. The summed E-state index contributed by atoms with van der Waals surface area (Å²) in [5.41, 5.74) is 14.8. The van der Waals surface area contributed by atoms with Crippen molar-refractivity contribution in [3.63, 3.8) is 0 Å². The van der Waals surface area contributed by atoms with E-state index in [9.17, 15) is 9.59 Å². The molecule has 4 rings (SSSR count). The van der Waals surface area contributed by atoms with Crippen LogP contribution in [0.1, 0.15) is 33.5 Å². The molecule has 192 valence electrons. The van der Waals surface area contributed by atoms with Gasteiger partial charge in [-0.25, -0.2) is 9.66 Å². The number of pyridine rings is 2. The number of carbonyl (C=O) groups is 1. The zero-order valence-electron chi connectivity index (χ0n) is 21.3. The molecule has 0 aliphatic carbocycles. The van der Waals surface area contributed by atoms with Crippen molar-refractivity contribution >= 4 is 23.3 Å². The third kappa shape index (κ3) is 5.67. The van der Waals surface area contributed by atoms with Crippen LogP contribution < -0.4 is 22.0 Å². The van der Waals surface area contributed by atoms with Gasteiger partial charge in [0.05, 0.1) is 18.7 Å². The summed E-state index contributed by atoms with van der Waals surface area (Å²) in [6, 6.07) is 13.3. The van der Waals surface area contributed by atoms with Gasteiger partial charge in [-0.1, -0.05) is 41.9 Å². The summed E-state index contributed by atoms with van der Waals surface area (Å²) in [6.07, 6.45) is 1.61. The summed E-state index contributed by atoms with van der Waals surface area (Å²) in [5.74, 6) is 0.191. The standard InChI is InChI=1S/C27H30ClN7O2/c1-16-10-11-35(31-15-22-25(33-34(4)26(22)28)19-8-6-5-7-9-19)27(37)20(16)13-24(36)30-14-21-17(2)12-23(29)32-18(21)3/h5-12,31H,13-15H2,1-4H3,(H2,29,32)(H,30,36). The number of nitrogens with two attached hydrogens (primary N) is 1. The van der Waals surface area contributed by atoms with Crippen LogP contribution in [0.4, 0.5) is 5.82 Å². The average Bonchev–Trinajstić information content (AvgIpc) is 3.14. The molecule has 37 heavy (non-hydrogen) atoms. The van der Waals surface area contributed by atoms with Crippen LogP contribution in [0.25, 0.3) is 11.3 Å². The number of aromatic nitrogens is 4. The Kier molecular flexibility index (Phi) is 7.63. The summed E-state index contributed by atoms with van der Waals surface area (Å²) >= 11 is 6.52. The molecule has 0 saturated heterocycles. The predicted octanol–water partition coefficient (Wildman–Crippen LogP) is 3.41. The lowest BCUT2D eigenvalue weighted by Crippen LogP contribution is -2.34. The molecular weight excluding hydrogens is 490 g/mol. The molecule has 0 aliphatic rings. The first-order chi connectivity index (χ1) is 17.7. The molecule has 0 fully saturated rings. The van der Waals surface area contributed by atoms with Crippen LogP contribution in [0.5, 0.6) is 0 Å². The lowest BCUT2D eigenvalue weighted by atomic mass is 10.1. The monoisotopic (exact) mass is 519 g/mol. The van der Waals surface area contributed by atoms with Gasteiger partial charge in [0.1, 0.15) is 11.0 Å². The van der Waals surface area contributed by atoms with Crippen molar-refractivity contribution in [2.75, 3.05) is 11.2 Å². The van der Waals surface area contributed by atoms with E-state index in [4.69, 9.17) is 17.3 Å². The van der Waals surface area contributed by atoms with Crippen LogP contribution in [-0.4, -0.2) is 25.3 Å². The molecule has 3 aromatic heterocycles. The van der Waals surface area contributed by atoms with Gasteiger partial charge < -0.3 is 16.5 Å². The largest absolute Gasteiger partial charge is 0.384 e. The molecule has 1 aromatic carbocycles. The number of halogens is 1. The average molecular weight is 520 g/mol. The van der Waals surface area contributed by atoms with Crippen molar-refractivity contribution < 1.29 is 4.79 Å². The molecule has 4 aromatic rings. The number of benzene rings is 1. The Morgan fingerprint density at radius 3 is 2.46 bits per heavy atom. The quantitative estimate of drug-likeness (QED) is 0.328. The fourth-order valence-corrected chi connectivity index (χ4v) is 4.46. The van der Waals surface area contributed by atoms with Gasteiger partial charge in [0.15, 0.2) is 0 Å². The first-order valence-electron chi connectivity index (χ1n) is 11.9. The highest BCUT2D eigenvalue weighted by Crippen LogP contribution is 2.28. The zero-order chi connectivity index (χ0) is 26.7. The summed E-state index contributed by atoms with van der Waals surface area (Å²) in [4.78, 5) is 30.3. The van der Waals surface area contributed by atoms with Crippen LogP contribution in [0.15, 0.2) is 53.5 Å². The first-order valence-corrected chi connectivity index (χ1v) is 12.2. The Balaban J connectivity index is 1.50. The normalized spacial score (nSPS) is 10.9. The number of rotatable bonds is 8. The maximum Gasteiger partial charge on any atom is 0.272 e. The molecule has 0 aliphatic heterocycles. The SMILES string of the molecule is Cc1cc(N)nc(C)c1CNC(=O)Cc1c(C)ccn(NCc2c(-c3ccccc3)nn(C)c2Cl)c1=O. The number of hydrogen-bond donors (Lipinski definition) is 3. The Morgan fingerprint density at radius 1 is 1.03 bits per heavy atom. The van der Waals surface area contributed by atoms with Gasteiger partial charge in [-0.2, -0.15) is 5.10 Å². The maximum absolute atomic E-state index is 13.3. The van der Waals surface area contributed by atoms with Crippen molar-refractivity contribution in [2.24, 2.45) is 7.05 Å². The second kappa shape index (κ2) is 10.9. The van der Waals surface area contributed by atoms with E-state index in [2.05, 4.69) is 20.8 Å². The summed E-state index contributed by atoms with van der Waals surface area (Å²) < 4.78 is 2.99. The van der Waals surface area contributed by atoms with E-state index in [0.717, 1.165) is 39.2 Å². The van der Waals surface area contributed by atoms with E-state index in [1.165, 1.54) is 4.68 Å². The topological polar surface area (TPSA) is 120 Å². The number of nitrogens with one attached hydrogen (secondary N) is 2. The molecule has 1 amide bonds. The fraction of sp³-hybridized carbons (Fsp3) is 0.259. The lowest BCUT2D eigenvalue weighted by Gasteiger charge is -2.14. The Morgan fingerprint density at radius 2 is 1.76 bits per heavy atom. The van der Waals surface area contributed by atoms with Crippen LogP contribution >= 0.6 is 11.6 Å². The second-order valence-corrected chi connectivity index (χ2v) is 9.33. The molecule has 9 nitrogen and oxygen atoms in total. The molecule has 0 saturated carbocycles. The van der Waals surface area contributed by atoms with Crippen molar-refractivity contribution in [1.29, 1.82) is 0 Å². The number of nitrogens with zero attached hydrogens (tertiary/aromatic N) is 4. The zero-order valence-corrected chi connectivity index (χ0v) is 22.1. The van der Waals surface area contributed by atoms with Crippen molar-refractivity contribution in [3.8, 4) is 11.3 Å². The van der Waals surface area contributed by atoms with E-state index < -0.39 is 0 Å².